The third kappa shape index (κ3) is 3.95. The minimum Gasteiger partial charge on any atom is -0.394 e. The molecule has 1 fully saturated rings. The standard InChI is InChI=1S/C11H23NO2/c12-9-11(14-8-7-13)10-5-3-1-2-4-6-10/h10-11,13H,1-9,12H2. The number of aliphatic hydroxyl groups excluding tert-OH is 1. The summed E-state index contributed by atoms with van der Waals surface area (Å²) in [6.45, 7) is 1.12. The zero-order chi connectivity index (χ0) is 10.2. The second-order valence-electron chi connectivity index (χ2n) is 4.12. The van der Waals surface area contributed by atoms with E-state index in [1.807, 2.05) is 0 Å². The zero-order valence-corrected chi connectivity index (χ0v) is 8.95. The summed E-state index contributed by atoms with van der Waals surface area (Å²) in [5, 5.41) is 8.70. The van der Waals surface area contributed by atoms with Crippen LogP contribution in [0.5, 0.6) is 0 Å². The molecule has 3 N–H and O–H groups in total. The van der Waals surface area contributed by atoms with Crippen LogP contribution >= 0.6 is 0 Å². The van der Waals surface area contributed by atoms with E-state index in [4.69, 9.17) is 15.6 Å². The molecule has 84 valence electrons. The lowest BCUT2D eigenvalue weighted by Crippen LogP contribution is -2.32. The van der Waals surface area contributed by atoms with E-state index in [2.05, 4.69) is 0 Å². The van der Waals surface area contributed by atoms with E-state index >= 15 is 0 Å². The molecule has 0 amide bonds. The maximum Gasteiger partial charge on any atom is 0.0726 e. The van der Waals surface area contributed by atoms with Crippen LogP contribution < -0.4 is 5.73 Å². The van der Waals surface area contributed by atoms with Crippen LogP contribution in [0.25, 0.3) is 0 Å². The van der Waals surface area contributed by atoms with Gasteiger partial charge in [0, 0.05) is 6.54 Å². The van der Waals surface area contributed by atoms with Gasteiger partial charge in [0.2, 0.25) is 0 Å². The van der Waals surface area contributed by atoms with E-state index in [1.165, 1.54) is 38.5 Å². The van der Waals surface area contributed by atoms with Gasteiger partial charge in [0.25, 0.3) is 0 Å². The highest BCUT2D eigenvalue weighted by atomic mass is 16.5. The van der Waals surface area contributed by atoms with Gasteiger partial charge in [0.1, 0.15) is 0 Å². The molecule has 0 bridgehead atoms. The predicted molar refractivity (Wildman–Crippen MR) is 57.1 cm³/mol. The highest BCUT2D eigenvalue weighted by Gasteiger charge is 2.21. The lowest BCUT2D eigenvalue weighted by atomic mass is 9.94. The monoisotopic (exact) mass is 201 g/mol. The Labute approximate surface area is 86.6 Å². The normalized spacial score (nSPS) is 21.9. The van der Waals surface area contributed by atoms with Crippen molar-refractivity contribution in [3.8, 4) is 0 Å². The van der Waals surface area contributed by atoms with Crippen molar-refractivity contribution in [2.75, 3.05) is 19.8 Å². The van der Waals surface area contributed by atoms with E-state index in [-0.39, 0.29) is 12.7 Å². The lowest BCUT2D eigenvalue weighted by molar-refractivity contribution is -0.00395. The molecule has 1 atom stereocenters. The van der Waals surface area contributed by atoms with Gasteiger partial charge in [-0.2, -0.15) is 0 Å². The van der Waals surface area contributed by atoms with Crippen molar-refractivity contribution in [3.63, 3.8) is 0 Å². The number of aliphatic hydroxyl groups is 1. The summed E-state index contributed by atoms with van der Waals surface area (Å²) in [4.78, 5) is 0. The van der Waals surface area contributed by atoms with Gasteiger partial charge in [0.15, 0.2) is 0 Å². The fourth-order valence-electron chi connectivity index (χ4n) is 2.28. The van der Waals surface area contributed by atoms with Crippen molar-refractivity contribution in [1.29, 1.82) is 0 Å². The second kappa shape index (κ2) is 7.21. The van der Waals surface area contributed by atoms with E-state index in [1.54, 1.807) is 0 Å². The minimum absolute atomic E-state index is 0.100. The molecule has 0 aromatic heterocycles. The molecule has 0 saturated heterocycles. The molecule has 1 aliphatic rings. The lowest BCUT2D eigenvalue weighted by Gasteiger charge is -2.24. The molecule has 0 aliphatic heterocycles. The van der Waals surface area contributed by atoms with Crippen LogP contribution in [0.1, 0.15) is 38.5 Å². The zero-order valence-electron chi connectivity index (χ0n) is 8.95. The Balaban J connectivity index is 2.32. The number of nitrogens with two attached hydrogens (primary N) is 1. The second-order valence-corrected chi connectivity index (χ2v) is 4.12. The summed E-state index contributed by atoms with van der Waals surface area (Å²) in [6.07, 6.45) is 7.98. The van der Waals surface area contributed by atoms with Gasteiger partial charge in [0.05, 0.1) is 19.3 Å². The Hall–Kier alpha value is -0.120. The van der Waals surface area contributed by atoms with Gasteiger partial charge in [-0.1, -0.05) is 25.7 Å². The molecular weight excluding hydrogens is 178 g/mol. The molecule has 0 heterocycles. The maximum absolute atomic E-state index is 8.70. The molecule has 0 radical (unpaired) electrons. The SMILES string of the molecule is NCC(OCCO)C1CCCCCC1. The first-order chi connectivity index (χ1) is 6.88. The van der Waals surface area contributed by atoms with Gasteiger partial charge in [-0.15, -0.1) is 0 Å². The molecule has 3 heteroatoms. The Bertz CT molecular complexity index is 133. The smallest absolute Gasteiger partial charge is 0.0726 e. The van der Waals surface area contributed by atoms with E-state index in [0.29, 0.717) is 19.1 Å². The van der Waals surface area contributed by atoms with Crippen LogP contribution in [-0.4, -0.2) is 31.0 Å². The Kier molecular flexibility index (Phi) is 6.15. The molecule has 1 aliphatic carbocycles. The third-order valence-electron chi connectivity index (χ3n) is 3.08. The number of rotatable bonds is 5. The Morgan fingerprint density at radius 1 is 1.21 bits per heavy atom. The molecular formula is C11H23NO2. The van der Waals surface area contributed by atoms with Crippen molar-refractivity contribution in [1.82, 2.24) is 0 Å². The van der Waals surface area contributed by atoms with Crippen molar-refractivity contribution >= 4 is 0 Å². The fraction of sp³-hybridized carbons (Fsp3) is 1.00. The van der Waals surface area contributed by atoms with Crippen LogP contribution in [-0.2, 0) is 4.74 Å². The third-order valence-corrected chi connectivity index (χ3v) is 3.08. The predicted octanol–water partition coefficient (Wildman–Crippen LogP) is 1.29. The topological polar surface area (TPSA) is 55.5 Å². The van der Waals surface area contributed by atoms with Crippen LogP contribution in [0.15, 0.2) is 0 Å². The van der Waals surface area contributed by atoms with Gasteiger partial charge >= 0.3 is 0 Å². The summed E-state index contributed by atoms with van der Waals surface area (Å²) in [5.74, 6) is 0.619. The number of hydrogen-bond acceptors (Lipinski definition) is 3. The highest BCUT2D eigenvalue weighted by Crippen LogP contribution is 2.26. The quantitative estimate of drug-likeness (QED) is 0.659. The summed E-state index contributed by atoms with van der Waals surface area (Å²) in [7, 11) is 0. The highest BCUT2D eigenvalue weighted by molar-refractivity contribution is 4.74. The summed E-state index contributed by atoms with van der Waals surface area (Å²) < 4.78 is 5.56. The van der Waals surface area contributed by atoms with Crippen molar-refractivity contribution in [2.24, 2.45) is 11.7 Å². The summed E-state index contributed by atoms with van der Waals surface area (Å²) in [6, 6.07) is 0. The van der Waals surface area contributed by atoms with Gasteiger partial charge in [-0.05, 0) is 18.8 Å². The van der Waals surface area contributed by atoms with Crippen LogP contribution in [0.3, 0.4) is 0 Å². The Morgan fingerprint density at radius 3 is 2.36 bits per heavy atom. The Morgan fingerprint density at radius 2 is 1.86 bits per heavy atom. The molecule has 1 rings (SSSR count). The van der Waals surface area contributed by atoms with Crippen LogP contribution in [0.4, 0.5) is 0 Å². The van der Waals surface area contributed by atoms with Gasteiger partial charge in [-0.25, -0.2) is 0 Å². The summed E-state index contributed by atoms with van der Waals surface area (Å²) >= 11 is 0. The average Bonchev–Trinajstić information content (AvgIpc) is 2.48. The molecule has 14 heavy (non-hydrogen) atoms. The maximum atomic E-state index is 8.70. The van der Waals surface area contributed by atoms with Crippen molar-refractivity contribution < 1.29 is 9.84 Å². The van der Waals surface area contributed by atoms with Gasteiger partial charge < -0.3 is 15.6 Å². The molecule has 0 aromatic rings. The summed E-state index contributed by atoms with van der Waals surface area (Å²) in [5.41, 5.74) is 5.69. The van der Waals surface area contributed by atoms with Crippen LogP contribution in [0, 0.1) is 5.92 Å². The largest absolute Gasteiger partial charge is 0.394 e. The first kappa shape index (κ1) is 12.0. The molecule has 0 aromatic carbocycles. The number of hydrogen-bond donors (Lipinski definition) is 2. The first-order valence-electron chi connectivity index (χ1n) is 5.81. The number of ether oxygens (including phenoxy) is 1. The van der Waals surface area contributed by atoms with E-state index < -0.39 is 0 Å². The van der Waals surface area contributed by atoms with E-state index in [0.717, 1.165) is 0 Å². The molecule has 0 spiro atoms. The molecule has 3 nitrogen and oxygen atoms in total. The minimum atomic E-state index is 0.100. The fourth-order valence-corrected chi connectivity index (χ4v) is 2.28. The van der Waals surface area contributed by atoms with Gasteiger partial charge in [-0.3, -0.25) is 0 Å². The van der Waals surface area contributed by atoms with E-state index in [9.17, 15) is 0 Å². The molecule has 1 unspecified atom stereocenters. The van der Waals surface area contributed by atoms with Crippen molar-refractivity contribution in [3.05, 3.63) is 0 Å². The first-order valence-corrected chi connectivity index (χ1v) is 5.81. The van der Waals surface area contributed by atoms with Crippen molar-refractivity contribution in [2.45, 2.75) is 44.6 Å². The van der Waals surface area contributed by atoms with Crippen LogP contribution in [0.2, 0.25) is 0 Å². The average molecular weight is 201 g/mol. The molecule has 1 saturated carbocycles.